The lowest BCUT2D eigenvalue weighted by Gasteiger charge is -2.25. The molecule has 21 heavy (non-hydrogen) atoms. The van der Waals surface area contributed by atoms with Gasteiger partial charge in [0, 0.05) is 24.2 Å². The summed E-state index contributed by atoms with van der Waals surface area (Å²) in [5, 5.41) is 3.28. The molecular weight excluding hydrogens is 270 g/mol. The first-order valence-electron chi connectivity index (χ1n) is 6.45. The van der Waals surface area contributed by atoms with Gasteiger partial charge in [-0.1, -0.05) is 18.2 Å². The van der Waals surface area contributed by atoms with Crippen LogP contribution in [-0.2, 0) is 10.3 Å². The summed E-state index contributed by atoms with van der Waals surface area (Å²) in [6.07, 6.45) is 0.691. The molecule has 0 spiro atoms. The van der Waals surface area contributed by atoms with E-state index >= 15 is 0 Å². The molecule has 2 amide bonds. The third kappa shape index (κ3) is 2.79. The highest BCUT2D eigenvalue weighted by molar-refractivity contribution is 6.06. The topological polar surface area (TPSA) is 94.3 Å². The summed E-state index contributed by atoms with van der Waals surface area (Å²) in [6, 6.07) is 7.04. The average Bonchev–Trinajstić information content (AvgIpc) is 2.43. The summed E-state index contributed by atoms with van der Waals surface area (Å²) in [7, 11) is 1.57. The molecule has 0 unspecified atom stereocenters. The molecule has 0 radical (unpaired) electrons. The van der Waals surface area contributed by atoms with Crippen LogP contribution in [0.15, 0.2) is 30.5 Å². The van der Waals surface area contributed by atoms with Crippen molar-refractivity contribution in [3.8, 4) is 0 Å². The summed E-state index contributed by atoms with van der Waals surface area (Å²) in [5.74, 6) is -0.201. The Bertz CT molecular complexity index is 710. The van der Waals surface area contributed by atoms with Crippen molar-refractivity contribution < 1.29 is 14.3 Å². The number of hydrogen-bond donors (Lipinski definition) is 2. The van der Waals surface area contributed by atoms with E-state index in [1.807, 2.05) is 0 Å². The van der Waals surface area contributed by atoms with Crippen LogP contribution in [0.1, 0.15) is 29.8 Å². The number of rotatable bonds is 3. The lowest BCUT2D eigenvalue weighted by Crippen LogP contribution is -2.29. The normalized spacial score (nSPS) is 11.2. The van der Waals surface area contributed by atoms with Crippen LogP contribution >= 0.6 is 0 Å². The predicted octanol–water partition coefficient (Wildman–Crippen LogP) is 1.92. The Morgan fingerprint density at radius 3 is 2.62 bits per heavy atom. The first kappa shape index (κ1) is 14.8. The van der Waals surface area contributed by atoms with E-state index < -0.39 is 11.7 Å². The van der Waals surface area contributed by atoms with Gasteiger partial charge in [0.15, 0.2) is 0 Å². The molecule has 110 valence electrons. The molecule has 6 nitrogen and oxygen atoms in total. The Balaban J connectivity index is 2.67. The van der Waals surface area contributed by atoms with Gasteiger partial charge in [-0.3, -0.25) is 9.78 Å². The maximum absolute atomic E-state index is 11.9. The van der Waals surface area contributed by atoms with Crippen molar-refractivity contribution in [3.05, 3.63) is 41.6 Å². The molecule has 0 saturated carbocycles. The molecule has 3 N–H and O–H groups in total. The van der Waals surface area contributed by atoms with Crippen molar-refractivity contribution in [2.24, 2.45) is 5.73 Å². The number of para-hydroxylation sites is 1. The third-order valence-corrected chi connectivity index (χ3v) is 3.25. The van der Waals surface area contributed by atoms with Gasteiger partial charge in [-0.05, 0) is 19.9 Å². The second-order valence-electron chi connectivity index (χ2n) is 5.07. The summed E-state index contributed by atoms with van der Waals surface area (Å²) in [6.45, 7) is 3.45. The van der Waals surface area contributed by atoms with Gasteiger partial charge in [0.1, 0.15) is 5.60 Å². The lowest BCUT2D eigenvalue weighted by atomic mass is 9.93. The number of carbonyl (C=O) groups excluding carboxylic acids is 2. The zero-order valence-corrected chi connectivity index (χ0v) is 12.1. The smallest absolute Gasteiger partial charge is 0.405 e. The molecular formula is C15H17N3O3. The largest absolute Gasteiger partial charge is 0.439 e. The first-order valence-corrected chi connectivity index (χ1v) is 6.45. The van der Waals surface area contributed by atoms with Gasteiger partial charge in [0.2, 0.25) is 0 Å². The number of ether oxygens (including phenoxy) is 1. The molecule has 2 rings (SSSR count). The molecule has 6 heteroatoms. The number of benzene rings is 1. The number of nitrogens with one attached hydrogen (secondary N) is 1. The van der Waals surface area contributed by atoms with Crippen LogP contribution in [0.3, 0.4) is 0 Å². The quantitative estimate of drug-likeness (QED) is 0.901. The molecule has 2 aromatic rings. The summed E-state index contributed by atoms with van der Waals surface area (Å²) >= 11 is 0. The number of carbonyl (C=O) groups is 2. The molecule has 1 heterocycles. The van der Waals surface area contributed by atoms with Gasteiger partial charge in [0.05, 0.1) is 11.1 Å². The average molecular weight is 287 g/mol. The van der Waals surface area contributed by atoms with Crippen LogP contribution in [0.5, 0.6) is 0 Å². The molecule has 0 bridgehead atoms. The molecule has 1 aromatic carbocycles. The Morgan fingerprint density at radius 2 is 2.00 bits per heavy atom. The Hall–Kier alpha value is -2.63. The molecule has 0 saturated heterocycles. The van der Waals surface area contributed by atoms with E-state index in [-0.39, 0.29) is 5.91 Å². The number of aromatic nitrogens is 1. The van der Waals surface area contributed by atoms with Crippen LogP contribution in [0.2, 0.25) is 0 Å². The highest BCUT2D eigenvalue weighted by Crippen LogP contribution is 2.31. The summed E-state index contributed by atoms with van der Waals surface area (Å²) in [5.41, 5.74) is 5.97. The van der Waals surface area contributed by atoms with E-state index in [0.29, 0.717) is 22.0 Å². The second kappa shape index (κ2) is 5.40. The van der Waals surface area contributed by atoms with Crippen molar-refractivity contribution in [1.82, 2.24) is 10.3 Å². The van der Waals surface area contributed by atoms with Crippen molar-refractivity contribution in [2.75, 3.05) is 7.05 Å². The summed E-state index contributed by atoms with van der Waals surface area (Å²) in [4.78, 5) is 27.3. The van der Waals surface area contributed by atoms with Crippen LogP contribution in [-0.4, -0.2) is 24.0 Å². The Morgan fingerprint density at radius 1 is 1.29 bits per heavy atom. The number of nitrogens with two attached hydrogens (primary N) is 1. The maximum atomic E-state index is 11.9. The number of pyridine rings is 1. The summed E-state index contributed by atoms with van der Waals surface area (Å²) < 4.78 is 5.16. The molecule has 0 aliphatic carbocycles. The van der Waals surface area contributed by atoms with Gasteiger partial charge in [-0.25, -0.2) is 4.79 Å². The number of amides is 2. The van der Waals surface area contributed by atoms with Crippen LogP contribution in [0.25, 0.3) is 10.9 Å². The van der Waals surface area contributed by atoms with E-state index in [2.05, 4.69) is 10.3 Å². The fourth-order valence-electron chi connectivity index (χ4n) is 2.30. The van der Waals surface area contributed by atoms with Crippen LogP contribution in [0.4, 0.5) is 4.79 Å². The molecule has 1 aromatic heterocycles. The molecule has 0 fully saturated rings. The van der Waals surface area contributed by atoms with Crippen molar-refractivity contribution >= 4 is 22.9 Å². The molecule has 0 aliphatic rings. The minimum absolute atomic E-state index is 0.201. The van der Waals surface area contributed by atoms with Gasteiger partial charge in [-0.15, -0.1) is 0 Å². The highest BCUT2D eigenvalue weighted by Gasteiger charge is 2.27. The highest BCUT2D eigenvalue weighted by atomic mass is 16.6. The van der Waals surface area contributed by atoms with Crippen molar-refractivity contribution in [1.29, 1.82) is 0 Å². The Labute approximate surface area is 122 Å². The van der Waals surface area contributed by atoms with Gasteiger partial charge in [0.25, 0.3) is 5.91 Å². The van der Waals surface area contributed by atoms with E-state index in [0.717, 1.165) is 0 Å². The monoisotopic (exact) mass is 287 g/mol. The SMILES string of the molecule is CNC(=O)c1ccnc2c(C(C)(C)OC(N)=O)cccc12. The van der Waals surface area contributed by atoms with Gasteiger partial charge in [-0.2, -0.15) is 0 Å². The zero-order valence-electron chi connectivity index (χ0n) is 12.1. The minimum atomic E-state index is -0.945. The molecule has 0 atom stereocenters. The fraction of sp³-hybridized carbons (Fsp3) is 0.267. The standard InChI is InChI=1S/C15H17N3O3/c1-15(2,21-14(16)20)11-6-4-5-9-10(13(19)17-3)7-8-18-12(9)11/h4-8H,1-3H3,(H2,16,20)(H,17,19). The number of hydrogen-bond acceptors (Lipinski definition) is 4. The lowest BCUT2D eigenvalue weighted by molar-refractivity contribution is 0.0442. The van der Waals surface area contributed by atoms with E-state index in [1.165, 1.54) is 0 Å². The second-order valence-corrected chi connectivity index (χ2v) is 5.07. The van der Waals surface area contributed by atoms with Crippen LogP contribution in [0, 0.1) is 0 Å². The Kier molecular flexibility index (Phi) is 3.80. The number of primary amides is 1. The first-order chi connectivity index (χ1) is 9.86. The van der Waals surface area contributed by atoms with Gasteiger partial charge >= 0.3 is 6.09 Å². The zero-order chi connectivity index (χ0) is 15.6. The number of nitrogens with zero attached hydrogens (tertiary/aromatic N) is 1. The maximum Gasteiger partial charge on any atom is 0.405 e. The van der Waals surface area contributed by atoms with Gasteiger partial charge < -0.3 is 15.8 Å². The van der Waals surface area contributed by atoms with E-state index in [1.54, 1.807) is 51.4 Å². The molecule has 0 aliphatic heterocycles. The van der Waals surface area contributed by atoms with E-state index in [4.69, 9.17) is 10.5 Å². The minimum Gasteiger partial charge on any atom is -0.439 e. The van der Waals surface area contributed by atoms with Crippen molar-refractivity contribution in [2.45, 2.75) is 19.4 Å². The van der Waals surface area contributed by atoms with E-state index in [9.17, 15) is 9.59 Å². The number of fused-ring (bicyclic) bond motifs is 1. The van der Waals surface area contributed by atoms with Crippen LogP contribution < -0.4 is 11.1 Å². The van der Waals surface area contributed by atoms with Crippen molar-refractivity contribution in [3.63, 3.8) is 0 Å². The third-order valence-electron chi connectivity index (χ3n) is 3.25. The fourth-order valence-corrected chi connectivity index (χ4v) is 2.30. The predicted molar refractivity (Wildman–Crippen MR) is 78.8 cm³/mol.